The molecule has 1 aromatic carbocycles. The van der Waals surface area contributed by atoms with Gasteiger partial charge in [-0.2, -0.15) is 13.2 Å². The number of halogens is 4. The van der Waals surface area contributed by atoms with E-state index in [2.05, 4.69) is 0 Å². The number of thiophene rings is 1. The molecule has 8 heteroatoms. The van der Waals surface area contributed by atoms with E-state index in [0.29, 0.717) is 12.1 Å². The van der Waals surface area contributed by atoms with E-state index in [-0.39, 0.29) is 10.6 Å². The Hall–Kier alpha value is -2.09. The largest absolute Gasteiger partial charge is 0.477 e. The van der Waals surface area contributed by atoms with E-state index >= 15 is 0 Å². The minimum atomic E-state index is -4.64. The van der Waals surface area contributed by atoms with Crippen LogP contribution in [-0.4, -0.2) is 11.1 Å². The first kappa shape index (κ1) is 14.3. The van der Waals surface area contributed by atoms with E-state index in [1.54, 1.807) is 0 Å². The van der Waals surface area contributed by atoms with Gasteiger partial charge in [-0.05, 0) is 18.2 Å². The smallest absolute Gasteiger partial charge is 0.416 e. The van der Waals surface area contributed by atoms with Gasteiger partial charge in [-0.15, -0.1) is 11.3 Å². The fourth-order valence-corrected chi connectivity index (χ4v) is 2.02. The zero-order valence-electron chi connectivity index (χ0n) is 9.57. The first-order valence-electron chi connectivity index (χ1n) is 5.14. The first-order valence-corrected chi connectivity index (χ1v) is 6.02. The topological polar surface area (TPSA) is 46.5 Å². The summed E-state index contributed by atoms with van der Waals surface area (Å²) < 4.78 is 55.5. The summed E-state index contributed by atoms with van der Waals surface area (Å²) in [4.78, 5) is 10.6. The molecule has 1 aromatic heterocycles. The van der Waals surface area contributed by atoms with E-state index in [1.165, 1.54) is 5.38 Å². The van der Waals surface area contributed by atoms with Crippen molar-refractivity contribution >= 4 is 17.3 Å². The van der Waals surface area contributed by atoms with E-state index in [1.807, 2.05) is 0 Å². The van der Waals surface area contributed by atoms with Gasteiger partial charge in [0.2, 0.25) is 0 Å². The van der Waals surface area contributed by atoms with Gasteiger partial charge in [0.15, 0.2) is 11.6 Å². The Kier molecular flexibility index (Phi) is 3.67. The van der Waals surface area contributed by atoms with Crippen molar-refractivity contribution in [2.24, 2.45) is 0 Å². The highest BCUT2D eigenvalue weighted by Crippen LogP contribution is 2.34. The molecule has 0 saturated heterocycles. The van der Waals surface area contributed by atoms with Crippen LogP contribution in [0.3, 0.4) is 0 Å². The Bertz CT molecular complexity index is 648. The van der Waals surface area contributed by atoms with Crippen LogP contribution in [0.1, 0.15) is 15.2 Å². The van der Waals surface area contributed by atoms with E-state index in [0.717, 1.165) is 23.5 Å². The van der Waals surface area contributed by atoms with Gasteiger partial charge < -0.3 is 9.84 Å². The molecule has 0 unspecified atom stereocenters. The zero-order valence-corrected chi connectivity index (χ0v) is 10.4. The summed E-state index contributed by atoms with van der Waals surface area (Å²) in [5.41, 5.74) is -1.13. The monoisotopic (exact) mass is 306 g/mol. The van der Waals surface area contributed by atoms with Crippen molar-refractivity contribution in [2.45, 2.75) is 6.18 Å². The maximum Gasteiger partial charge on any atom is 0.416 e. The number of ether oxygens (including phenoxy) is 1. The molecule has 0 spiro atoms. The second kappa shape index (κ2) is 5.12. The third-order valence-corrected chi connectivity index (χ3v) is 3.17. The predicted octanol–water partition coefficient (Wildman–Crippen LogP) is 4.40. The van der Waals surface area contributed by atoms with Gasteiger partial charge in [-0.3, -0.25) is 0 Å². The Balaban J connectivity index is 2.23. The molecule has 0 aliphatic heterocycles. The summed E-state index contributed by atoms with van der Waals surface area (Å²) in [5, 5.41) is 10.0. The molecule has 1 heterocycles. The summed E-state index contributed by atoms with van der Waals surface area (Å²) in [6, 6.07) is 3.00. The van der Waals surface area contributed by atoms with Gasteiger partial charge >= 0.3 is 12.1 Å². The molecule has 0 bridgehead atoms. The van der Waals surface area contributed by atoms with Crippen LogP contribution in [-0.2, 0) is 6.18 Å². The molecule has 20 heavy (non-hydrogen) atoms. The van der Waals surface area contributed by atoms with Gasteiger partial charge in [-0.25, -0.2) is 9.18 Å². The fraction of sp³-hybridized carbons (Fsp3) is 0.0833. The third kappa shape index (κ3) is 3.08. The van der Waals surface area contributed by atoms with Crippen molar-refractivity contribution in [1.29, 1.82) is 0 Å². The molecule has 0 aliphatic carbocycles. The SMILES string of the molecule is O=C(O)c1cc(Oc2ccc(C(F)(F)F)cc2F)cs1. The van der Waals surface area contributed by atoms with Crippen molar-refractivity contribution in [1.82, 2.24) is 0 Å². The second-order valence-electron chi connectivity index (χ2n) is 3.70. The van der Waals surface area contributed by atoms with Crippen molar-refractivity contribution < 1.29 is 32.2 Å². The van der Waals surface area contributed by atoms with Crippen LogP contribution >= 0.6 is 11.3 Å². The lowest BCUT2D eigenvalue weighted by atomic mass is 10.2. The van der Waals surface area contributed by atoms with Crippen molar-refractivity contribution in [3.63, 3.8) is 0 Å². The lowest BCUT2D eigenvalue weighted by molar-refractivity contribution is -0.137. The Morgan fingerprint density at radius 1 is 1.25 bits per heavy atom. The minimum Gasteiger partial charge on any atom is -0.477 e. The summed E-state index contributed by atoms with van der Waals surface area (Å²) in [5.74, 6) is -2.71. The van der Waals surface area contributed by atoms with Crippen LogP contribution in [0.5, 0.6) is 11.5 Å². The molecular weight excluding hydrogens is 300 g/mol. The van der Waals surface area contributed by atoms with Gasteiger partial charge in [0.1, 0.15) is 10.6 Å². The normalized spacial score (nSPS) is 11.4. The van der Waals surface area contributed by atoms with E-state index in [4.69, 9.17) is 9.84 Å². The molecule has 2 aromatic rings. The average molecular weight is 306 g/mol. The van der Waals surface area contributed by atoms with Crippen LogP contribution in [0.4, 0.5) is 17.6 Å². The van der Waals surface area contributed by atoms with Crippen molar-refractivity contribution in [3.8, 4) is 11.5 Å². The number of alkyl halides is 3. The number of rotatable bonds is 3. The maximum atomic E-state index is 13.5. The van der Waals surface area contributed by atoms with Crippen LogP contribution < -0.4 is 4.74 Å². The highest BCUT2D eigenvalue weighted by Gasteiger charge is 2.31. The van der Waals surface area contributed by atoms with Gasteiger partial charge in [0.05, 0.1) is 5.56 Å². The van der Waals surface area contributed by atoms with Gasteiger partial charge in [-0.1, -0.05) is 0 Å². The van der Waals surface area contributed by atoms with Crippen LogP contribution in [0, 0.1) is 5.82 Å². The van der Waals surface area contributed by atoms with E-state index in [9.17, 15) is 22.4 Å². The first-order chi connectivity index (χ1) is 9.27. The number of hydrogen-bond acceptors (Lipinski definition) is 3. The lowest BCUT2D eigenvalue weighted by Gasteiger charge is -2.09. The van der Waals surface area contributed by atoms with Gasteiger partial charge in [0, 0.05) is 11.4 Å². The fourth-order valence-electron chi connectivity index (χ4n) is 1.37. The molecule has 0 amide bonds. The Labute approximate surface area is 114 Å². The molecule has 0 saturated carbocycles. The minimum absolute atomic E-state index is 0.0210. The number of benzene rings is 1. The molecule has 0 aliphatic rings. The highest BCUT2D eigenvalue weighted by molar-refractivity contribution is 7.12. The summed E-state index contributed by atoms with van der Waals surface area (Å²) in [7, 11) is 0. The van der Waals surface area contributed by atoms with E-state index < -0.39 is 29.3 Å². The van der Waals surface area contributed by atoms with Crippen LogP contribution in [0.2, 0.25) is 0 Å². The standard InChI is InChI=1S/C12H6F4O3S/c13-8-3-6(12(14,15)16)1-2-9(8)19-7-4-10(11(17)18)20-5-7/h1-5H,(H,17,18). The third-order valence-electron chi connectivity index (χ3n) is 2.27. The molecular formula is C12H6F4O3S. The summed E-state index contributed by atoms with van der Waals surface area (Å²) in [6.45, 7) is 0. The van der Waals surface area contributed by atoms with Gasteiger partial charge in [0.25, 0.3) is 0 Å². The molecule has 3 nitrogen and oxygen atoms in total. The average Bonchev–Trinajstić information content (AvgIpc) is 2.79. The number of carboxylic acids is 1. The number of aromatic carboxylic acids is 1. The number of carboxylic acid groups (broad SMARTS) is 1. The summed E-state index contributed by atoms with van der Waals surface area (Å²) in [6.07, 6.45) is -4.64. The second-order valence-corrected chi connectivity index (χ2v) is 4.61. The summed E-state index contributed by atoms with van der Waals surface area (Å²) >= 11 is 0.863. The Morgan fingerprint density at radius 3 is 2.45 bits per heavy atom. The van der Waals surface area contributed by atoms with Crippen LogP contribution in [0.15, 0.2) is 29.6 Å². The highest BCUT2D eigenvalue weighted by atomic mass is 32.1. The number of carbonyl (C=O) groups is 1. The van der Waals surface area contributed by atoms with Crippen molar-refractivity contribution in [2.75, 3.05) is 0 Å². The molecule has 0 fully saturated rings. The predicted molar refractivity (Wildman–Crippen MR) is 62.8 cm³/mol. The lowest BCUT2D eigenvalue weighted by Crippen LogP contribution is -2.05. The maximum absolute atomic E-state index is 13.5. The molecule has 106 valence electrons. The molecule has 1 N–H and O–H groups in total. The molecule has 0 atom stereocenters. The zero-order chi connectivity index (χ0) is 14.9. The Morgan fingerprint density at radius 2 is 1.95 bits per heavy atom. The number of hydrogen-bond donors (Lipinski definition) is 1. The quantitative estimate of drug-likeness (QED) is 0.855. The molecule has 0 radical (unpaired) electrons. The van der Waals surface area contributed by atoms with Crippen LogP contribution in [0.25, 0.3) is 0 Å². The molecule has 2 rings (SSSR count). The van der Waals surface area contributed by atoms with Crippen molar-refractivity contribution in [3.05, 3.63) is 45.9 Å².